The number of hydrogen-bond acceptors (Lipinski definition) is 6. The number of benzene rings is 1. The van der Waals surface area contributed by atoms with Crippen LogP contribution in [0.1, 0.15) is 24.2 Å². The minimum Gasteiger partial charge on any atom is -0.452 e. The third kappa shape index (κ3) is 5.67. The van der Waals surface area contributed by atoms with E-state index in [1.54, 1.807) is 13.8 Å². The Morgan fingerprint density at radius 2 is 2.00 bits per heavy atom. The monoisotopic (exact) mass is 337 g/mol. The number of non-ortho nitro benzene ring substituents is 1. The first kappa shape index (κ1) is 19.1. The average molecular weight is 337 g/mol. The molecule has 24 heavy (non-hydrogen) atoms. The minimum atomic E-state index is -0.846. The van der Waals surface area contributed by atoms with Crippen LogP contribution in [0.15, 0.2) is 24.3 Å². The number of nitro groups is 1. The Bertz CT molecular complexity index is 631. The molecule has 0 saturated heterocycles. The number of amides is 2. The number of hydrogen-bond donors (Lipinski definition) is 1. The summed E-state index contributed by atoms with van der Waals surface area (Å²) in [5, 5.41) is 13.2. The first-order chi connectivity index (χ1) is 11.4. The van der Waals surface area contributed by atoms with E-state index in [4.69, 9.17) is 4.74 Å². The first-order valence-corrected chi connectivity index (χ1v) is 7.35. The molecular formula is C15H19N3O6. The van der Waals surface area contributed by atoms with Crippen molar-refractivity contribution in [1.29, 1.82) is 0 Å². The van der Waals surface area contributed by atoms with Crippen molar-refractivity contribution in [2.24, 2.45) is 0 Å². The first-order valence-electron chi connectivity index (χ1n) is 7.35. The second-order valence-electron chi connectivity index (χ2n) is 4.74. The third-order valence-corrected chi connectivity index (χ3v) is 3.06. The Morgan fingerprint density at radius 1 is 1.29 bits per heavy atom. The summed E-state index contributed by atoms with van der Waals surface area (Å²) in [6, 6.07) is 5.02. The molecule has 1 aromatic rings. The van der Waals surface area contributed by atoms with Crippen molar-refractivity contribution >= 4 is 23.5 Å². The summed E-state index contributed by atoms with van der Waals surface area (Å²) in [4.78, 5) is 46.6. The number of ether oxygens (including phenoxy) is 1. The fourth-order valence-corrected chi connectivity index (χ4v) is 1.85. The molecule has 9 heteroatoms. The highest BCUT2D eigenvalue weighted by molar-refractivity contribution is 5.92. The summed E-state index contributed by atoms with van der Waals surface area (Å²) in [7, 11) is 0. The number of carbonyl (C=O) groups excluding carboxylic acids is 3. The predicted octanol–water partition coefficient (Wildman–Crippen LogP) is 0.736. The van der Waals surface area contributed by atoms with Gasteiger partial charge in [-0.3, -0.25) is 19.7 Å². The summed E-state index contributed by atoms with van der Waals surface area (Å²) in [6.07, 6.45) is 0. The molecule has 0 bridgehead atoms. The molecule has 0 saturated carbocycles. The number of carbonyl (C=O) groups is 3. The van der Waals surface area contributed by atoms with E-state index >= 15 is 0 Å². The molecule has 2 amide bonds. The fourth-order valence-electron chi connectivity index (χ4n) is 1.85. The highest BCUT2D eigenvalue weighted by Crippen LogP contribution is 2.13. The highest BCUT2D eigenvalue weighted by atomic mass is 16.6. The van der Waals surface area contributed by atoms with Gasteiger partial charge < -0.3 is 15.0 Å². The van der Waals surface area contributed by atoms with Crippen LogP contribution in [-0.2, 0) is 14.3 Å². The molecule has 0 fully saturated rings. The van der Waals surface area contributed by atoms with Crippen LogP contribution in [0.5, 0.6) is 0 Å². The summed E-state index contributed by atoms with van der Waals surface area (Å²) < 4.78 is 4.86. The van der Waals surface area contributed by atoms with Gasteiger partial charge in [0.2, 0.25) is 5.91 Å². The molecule has 1 rings (SSSR count). The molecule has 0 aromatic heterocycles. The molecular weight excluding hydrogens is 318 g/mol. The van der Waals surface area contributed by atoms with Crippen molar-refractivity contribution in [3.05, 3.63) is 39.9 Å². The Labute approximate surface area is 138 Å². The molecule has 0 aliphatic rings. The van der Waals surface area contributed by atoms with Crippen molar-refractivity contribution in [2.45, 2.75) is 13.8 Å². The Kier molecular flexibility index (Phi) is 7.34. The van der Waals surface area contributed by atoms with E-state index in [0.29, 0.717) is 6.54 Å². The molecule has 0 aliphatic heterocycles. The van der Waals surface area contributed by atoms with Crippen LogP contribution in [0.4, 0.5) is 5.69 Å². The van der Waals surface area contributed by atoms with E-state index in [-0.39, 0.29) is 30.2 Å². The maximum Gasteiger partial charge on any atom is 0.338 e. The van der Waals surface area contributed by atoms with Gasteiger partial charge in [0, 0.05) is 25.2 Å². The normalized spacial score (nSPS) is 9.92. The van der Waals surface area contributed by atoms with E-state index in [0.717, 1.165) is 6.07 Å². The van der Waals surface area contributed by atoms with Crippen molar-refractivity contribution < 1.29 is 24.0 Å². The summed E-state index contributed by atoms with van der Waals surface area (Å²) in [6.45, 7) is 3.51. The lowest BCUT2D eigenvalue weighted by atomic mass is 10.2. The lowest BCUT2D eigenvalue weighted by Crippen LogP contribution is -2.42. The predicted molar refractivity (Wildman–Crippen MR) is 84.3 cm³/mol. The zero-order chi connectivity index (χ0) is 18.1. The summed E-state index contributed by atoms with van der Waals surface area (Å²) in [5.41, 5.74) is -0.272. The maximum absolute atomic E-state index is 12.0. The largest absolute Gasteiger partial charge is 0.452 e. The summed E-state index contributed by atoms with van der Waals surface area (Å²) >= 11 is 0. The second kappa shape index (κ2) is 9.23. The summed E-state index contributed by atoms with van der Waals surface area (Å²) in [5.74, 6) is -1.68. The number of nitrogens with zero attached hydrogens (tertiary/aromatic N) is 2. The molecule has 0 aliphatic carbocycles. The number of likely N-dealkylation sites (N-methyl/N-ethyl adjacent to an activating group) is 2. The van der Waals surface area contributed by atoms with E-state index in [9.17, 15) is 24.5 Å². The molecule has 0 heterocycles. The standard InChI is InChI=1S/C15H19N3O6/c1-3-16-13(19)9-17(4-2)14(20)10-24-15(21)11-6-5-7-12(8-11)18(22)23/h5-8H,3-4,9-10H2,1-2H3,(H,16,19). The van der Waals surface area contributed by atoms with Crippen LogP contribution in [0.3, 0.4) is 0 Å². The van der Waals surface area contributed by atoms with Gasteiger partial charge in [-0.1, -0.05) is 6.07 Å². The van der Waals surface area contributed by atoms with E-state index in [2.05, 4.69) is 5.32 Å². The number of nitro benzene ring substituents is 1. The highest BCUT2D eigenvalue weighted by Gasteiger charge is 2.18. The zero-order valence-electron chi connectivity index (χ0n) is 13.5. The van der Waals surface area contributed by atoms with Crippen molar-refractivity contribution in [1.82, 2.24) is 10.2 Å². The molecule has 1 N–H and O–H groups in total. The van der Waals surface area contributed by atoms with Gasteiger partial charge in [0.1, 0.15) is 0 Å². The molecule has 9 nitrogen and oxygen atoms in total. The number of esters is 1. The van der Waals surface area contributed by atoms with Gasteiger partial charge in [0.25, 0.3) is 11.6 Å². The third-order valence-electron chi connectivity index (χ3n) is 3.06. The fraction of sp³-hybridized carbons (Fsp3) is 0.400. The van der Waals surface area contributed by atoms with E-state index in [1.165, 1.54) is 23.1 Å². The van der Waals surface area contributed by atoms with Crippen LogP contribution < -0.4 is 5.32 Å². The lowest BCUT2D eigenvalue weighted by Gasteiger charge is -2.19. The van der Waals surface area contributed by atoms with Crippen LogP contribution >= 0.6 is 0 Å². The lowest BCUT2D eigenvalue weighted by molar-refractivity contribution is -0.384. The van der Waals surface area contributed by atoms with E-state index in [1.807, 2.05) is 0 Å². The second-order valence-corrected chi connectivity index (χ2v) is 4.74. The number of nitrogens with one attached hydrogen (secondary N) is 1. The smallest absolute Gasteiger partial charge is 0.338 e. The topological polar surface area (TPSA) is 119 Å². The van der Waals surface area contributed by atoms with Crippen LogP contribution in [0, 0.1) is 10.1 Å². The van der Waals surface area contributed by atoms with Crippen LogP contribution in [0.25, 0.3) is 0 Å². The molecule has 1 aromatic carbocycles. The Hall–Kier alpha value is -2.97. The van der Waals surface area contributed by atoms with Crippen LogP contribution in [0.2, 0.25) is 0 Å². The zero-order valence-corrected chi connectivity index (χ0v) is 13.5. The molecule has 0 radical (unpaired) electrons. The molecule has 130 valence electrons. The Morgan fingerprint density at radius 3 is 2.58 bits per heavy atom. The van der Waals surface area contributed by atoms with Gasteiger partial charge in [0.15, 0.2) is 6.61 Å². The van der Waals surface area contributed by atoms with Gasteiger partial charge in [-0.05, 0) is 19.9 Å². The SMILES string of the molecule is CCNC(=O)CN(CC)C(=O)COC(=O)c1cccc([N+](=O)[O-])c1. The minimum absolute atomic E-state index is 0.0243. The van der Waals surface area contributed by atoms with Gasteiger partial charge >= 0.3 is 5.97 Å². The van der Waals surface area contributed by atoms with Crippen molar-refractivity contribution in [2.75, 3.05) is 26.2 Å². The molecule has 0 spiro atoms. The molecule has 0 atom stereocenters. The van der Waals surface area contributed by atoms with E-state index < -0.39 is 23.4 Å². The van der Waals surface area contributed by atoms with Gasteiger partial charge in [0.05, 0.1) is 17.0 Å². The number of rotatable bonds is 8. The van der Waals surface area contributed by atoms with Gasteiger partial charge in [-0.15, -0.1) is 0 Å². The molecule has 0 unspecified atom stereocenters. The van der Waals surface area contributed by atoms with Gasteiger partial charge in [-0.25, -0.2) is 4.79 Å². The quantitative estimate of drug-likeness (QED) is 0.424. The average Bonchev–Trinajstić information content (AvgIpc) is 2.57. The van der Waals surface area contributed by atoms with Crippen molar-refractivity contribution in [3.8, 4) is 0 Å². The Balaban J connectivity index is 2.62. The van der Waals surface area contributed by atoms with Crippen molar-refractivity contribution in [3.63, 3.8) is 0 Å². The van der Waals surface area contributed by atoms with Gasteiger partial charge in [-0.2, -0.15) is 0 Å². The maximum atomic E-state index is 12.0. The van der Waals surface area contributed by atoms with Crippen LogP contribution in [-0.4, -0.2) is 53.8 Å².